The first-order chi connectivity index (χ1) is 7.83. The van der Waals surface area contributed by atoms with Crippen LogP contribution in [0.2, 0.25) is 0 Å². The molecule has 1 aromatic carbocycles. The molecule has 1 amide bonds. The Morgan fingerprint density at radius 3 is 2.62 bits per heavy atom. The SMILES string of the molecule is O=C(CCCCc1ccccc1)NCCF. The van der Waals surface area contributed by atoms with Gasteiger partial charge in [-0.2, -0.15) is 0 Å². The smallest absolute Gasteiger partial charge is 0.220 e. The summed E-state index contributed by atoms with van der Waals surface area (Å²) in [5.74, 6) is -0.0503. The molecule has 3 heteroatoms. The van der Waals surface area contributed by atoms with Crippen LogP contribution in [-0.2, 0) is 11.2 Å². The number of carbonyl (C=O) groups is 1. The van der Waals surface area contributed by atoms with Crippen molar-refractivity contribution in [2.45, 2.75) is 25.7 Å². The molecule has 1 N–H and O–H groups in total. The largest absolute Gasteiger partial charge is 0.353 e. The monoisotopic (exact) mass is 223 g/mol. The molecule has 0 radical (unpaired) electrons. The minimum atomic E-state index is -0.490. The molecule has 0 spiro atoms. The molecular formula is C13H18FNO. The van der Waals surface area contributed by atoms with Crippen molar-refractivity contribution in [3.63, 3.8) is 0 Å². The Labute approximate surface area is 95.9 Å². The lowest BCUT2D eigenvalue weighted by molar-refractivity contribution is -0.121. The summed E-state index contributed by atoms with van der Waals surface area (Å²) in [6.45, 7) is -0.354. The quantitative estimate of drug-likeness (QED) is 0.707. The van der Waals surface area contributed by atoms with E-state index in [1.807, 2.05) is 18.2 Å². The summed E-state index contributed by atoms with van der Waals surface area (Å²) >= 11 is 0. The molecule has 88 valence electrons. The van der Waals surface area contributed by atoms with Crippen LogP contribution in [0.5, 0.6) is 0 Å². The number of hydrogen-bond donors (Lipinski definition) is 1. The van der Waals surface area contributed by atoms with E-state index in [4.69, 9.17) is 0 Å². The number of hydrogen-bond acceptors (Lipinski definition) is 1. The van der Waals surface area contributed by atoms with Gasteiger partial charge in [-0.3, -0.25) is 4.79 Å². The lowest BCUT2D eigenvalue weighted by Gasteiger charge is -2.03. The topological polar surface area (TPSA) is 29.1 Å². The number of halogens is 1. The molecule has 0 saturated heterocycles. The third-order valence-corrected chi connectivity index (χ3v) is 2.38. The van der Waals surface area contributed by atoms with E-state index in [0.717, 1.165) is 19.3 Å². The molecule has 0 bridgehead atoms. The minimum absolute atomic E-state index is 0.0503. The molecule has 0 aliphatic rings. The third kappa shape index (κ3) is 5.49. The second kappa shape index (κ2) is 7.85. The summed E-state index contributed by atoms with van der Waals surface area (Å²) in [7, 11) is 0. The van der Waals surface area contributed by atoms with Crippen molar-refractivity contribution in [3.8, 4) is 0 Å². The maximum atomic E-state index is 11.7. The standard InChI is InChI=1S/C13H18FNO/c14-10-11-15-13(16)9-5-4-8-12-6-2-1-3-7-12/h1-3,6-7H,4-5,8-11H2,(H,15,16). The van der Waals surface area contributed by atoms with Gasteiger partial charge in [-0.05, 0) is 24.8 Å². The van der Waals surface area contributed by atoms with Crippen LogP contribution in [0.15, 0.2) is 30.3 Å². The van der Waals surface area contributed by atoms with Gasteiger partial charge in [-0.15, -0.1) is 0 Å². The fourth-order valence-electron chi connectivity index (χ4n) is 1.53. The zero-order valence-electron chi connectivity index (χ0n) is 9.42. The van der Waals surface area contributed by atoms with Crippen molar-refractivity contribution in [1.29, 1.82) is 0 Å². The second-order valence-corrected chi connectivity index (χ2v) is 3.73. The predicted octanol–water partition coefficient (Wildman–Crippen LogP) is 2.49. The number of benzene rings is 1. The Morgan fingerprint density at radius 1 is 1.19 bits per heavy atom. The molecule has 0 aromatic heterocycles. The Bertz CT molecular complexity index is 300. The number of amides is 1. The second-order valence-electron chi connectivity index (χ2n) is 3.73. The molecule has 0 aliphatic carbocycles. The van der Waals surface area contributed by atoms with Crippen LogP contribution in [0.1, 0.15) is 24.8 Å². The van der Waals surface area contributed by atoms with Crippen molar-refractivity contribution >= 4 is 5.91 Å². The van der Waals surface area contributed by atoms with Crippen LogP contribution < -0.4 is 5.32 Å². The lowest BCUT2D eigenvalue weighted by Crippen LogP contribution is -2.24. The van der Waals surface area contributed by atoms with Crippen LogP contribution in [0, 0.1) is 0 Å². The number of aryl methyl sites for hydroxylation is 1. The van der Waals surface area contributed by atoms with E-state index >= 15 is 0 Å². The van der Waals surface area contributed by atoms with Gasteiger partial charge in [0.15, 0.2) is 0 Å². The van der Waals surface area contributed by atoms with Gasteiger partial charge in [0.25, 0.3) is 0 Å². The number of nitrogens with one attached hydrogen (secondary N) is 1. The van der Waals surface area contributed by atoms with E-state index in [2.05, 4.69) is 17.4 Å². The zero-order chi connectivity index (χ0) is 11.6. The lowest BCUT2D eigenvalue weighted by atomic mass is 10.1. The Hall–Kier alpha value is -1.38. The molecule has 0 saturated carbocycles. The average Bonchev–Trinajstić information content (AvgIpc) is 2.33. The molecule has 0 unspecified atom stereocenters. The maximum absolute atomic E-state index is 11.7. The first-order valence-corrected chi connectivity index (χ1v) is 5.69. The highest BCUT2D eigenvalue weighted by atomic mass is 19.1. The van der Waals surface area contributed by atoms with Gasteiger partial charge < -0.3 is 5.32 Å². The highest BCUT2D eigenvalue weighted by Gasteiger charge is 2.00. The molecule has 1 aromatic rings. The van der Waals surface area contributed by atoms with Crippen LogP contribution in [0.4, 0.5) is 4.39 Å². The van der Waals surface area contributed by atoms with Crippen LogP contribution in [0.25, 0.3) is 0 Å². The van der Waals surface area contributed by atoms with Gasteiger partial charge in [0.2, 0.25) is 5.91 Å². The normalized spacial score (nSPS) is 10.1. The summed E-state index contributed by atoms with van der Waals surface area (Å²) < 4.78 is 11.7. The molecule has 0 atom stereocenters. The Morgan fingerprint density at radius 2 is 1.94 bits per heavy atom. The first kappa shape index (κ1) is 12.7. The van der Waals surface area contributed by atoms with E-state index in [-0.39, 0.29) is 12.5 Å². The number of carbonyl (C=O) groups excluding carboxylic acids is 1. The van der Waals surface area contributed by atoms with Crippen molar-refractivity contribution in [2.24, 2.45) is 0 Å². The number of rotatable bonds is 7. The molecule has 16 heavy (non-hydrogen) atoms. The van der Waals surface area contributed by atoms with Gasteiger partial charge in [-0.25, -0.2) is 4.39 Å². The van der Waals surface area contributed by atoms with Gasteiger partial charge in [0, 0.05) is 13.0 Å². The Kier molecular flexibility index (Phi) is 6.23. The average molecular weight is 223 g/mol. The van der Waals surface area contributed by atoms with E-state index in [1.54, 1.807) is 0 Å². The van der Waals surface area contributed by atoms with E-state index in [0.29, 0.717) is 6.42 Å². The van der Waals surface area contributed by atoms with E-state index < -0.39 is 6.67 Å². The summed E-state index contributed by atoms with van der Waals surface area (Å²) in [5.41, 5.74) is 1.30. The van der Waals surface area contributed by atoms with Crippen molar-refractivity contribution in [1.82, 2.24) is 5.32 Å². The number of unbranched alkanes of at least 4 members (excludes halogenated alkanes) is 1. The predicted molar refractivity (Wildman–Crippen MR) is 63.0 cm³/mol. The third-order valence-electron chi connectivity index (χ3n) is 2.38. The van der Waals surface area contributed by atoms with Gasteiger partial charge in [-0.1, -0.05) is 30.3 Å². The molecular weight excluding hydrogens is 205 g/mol. The summed E-state index contributed by atoms with van der Waals surface area (Å²) in [6.07, 6.45) is 3.34. The van der Waals surface area contributed by atoms with E-state index in [9.17, 15) is 9.18 Å². The van der Waals surface area contributed by atoms with Crippen molar-refractivity contribution < 1.29 is 9.18 Å². The fraction of sp³-hybridized carbons (Fsp3) is 0.462. The van der Waals surface area contributed by atoms with Crippen LogP contribution in [0.3, 0.4) is 0 Å². The summed E-state index contributed by atoms with van der Waals surface area (Å²) in [6, 6.07) is 10.2. The van der Waals surface area contributed by atoms with Crippen molar-refractivity contribution in [2.75, 3.05) is 13.2 Å². The highest BCUT2D eigenvalue weighted by Crippen LogP contribution is 2.05. The van der Waals surface area contributed by atoms with Crippen LogP contribution in [-0.4, -0.2) is 19.1 Å². The van der Waals surface area contributed by atoms with Crippen LogP contribution >= 0.6 is 0 Å². The van der Waals surface area contributed by atoms with Crippen molar-refractivity contribution in [3.05, 3.63) is 35.9 Å². The molecule has 1 rings (SSSR count). The molecule has 0 heterocycles. The zero-order valence-corrected chi connectivity index (χ0v) is 9.42. The molecule has 0 aliphatic heterocycles. The first-order valence-electron chi connectivity index (χ1n) is 5.69. The van der Waals surface area contributed by atoms with Gasteiger partial charge in [0.1, 0.15) is 6.67 Å². The summed E-state index contributed by atoms with van der Waals surface area (Å²) in [5, 5.41) is 2.52. The molecule has 2 nitrogen and oxygen atoms in total. The maximum Gasteiger partial charge on any atom is 0.220 e. The number of alkyl halides is 1. The fourth-order valence-corrected chi connectivity index (χ4v) is 1.53. The highest BCUT2D eigenvalue weighted by molar-refractivity contribution is 5.75. The minimum Gasteiger partial charge on any atom is -0.353 e. The van der Waals surface area contributed by atoms with E-state index in [1.165, 1.54) is 5.56 Å². The summed E-state index contributed by atoms with van der Waals surface area (Å²) in [4.78, 5) is 11.1. The molecule has 0 fully saturated rings. The van der Waals surface area contributed by atoms with Gasteiger partial charge >= 0.3 is 0 Å². The van der Waals surface area contributed by atoms with Gasteiger partial charge in [0.05, 0.1) is 0 Å². The Balaban J connectivity index is 2.06.